The first kappa shape index (κ1) is 20.7. The van der Waals surface area contributed by atoms with E-state index in [2.05, 4.69) is 10.0 Å². The molecule has 0 radical (unpaired) electrons. The Morgan fingerprint density at radius 3 is 2.83 bits per heavy atom. The maximum Gasteiger partial charge on any atom is 0.250 e. The van der Waals surface area contributed by atoms with Crippen LogP contribution >= 0.6 is 35.3 Å². The van der Waals surface area contributed by atoms with E-state index in [4.69, 9.17) is 11.6 Å². The molecule has 0 bridgehead atoms. The maximum absolute atomic E-state index is 12.2. The average Bonchev–Trinajstić information content (AvgIpc) is 2.93. The highest BCUT2D eigenvalue weighted by molar-refractivity contribution is 7.91. The molecule has 2 heterocycles. The lowest BCUT2D eigenvalue weighted by Gasteiger charge is -2.32. The van der Waals surface area contributed by atoms with E-state index >= 15 is 0 Å². The van der Waals surface area contributed by atoms with Crippen LogP contribution in [0.25, 0.3) is 0 Å². The third-order valence-corrected chi connectivity index (χ3v) is 6.72. The summed E-state index contributed by atoms with van der Waals surface area (Å²) in [6.07, 6.45) is 2.04. The van der Waals surface area contributed by atoms with Crippen molar-refractivity contribution in [2.75, 3.05) is 33.2 Å². The molecular weight excluding hydrogens is 381 g/mol. The second-order valence-electron chi connectivity index (χ2n) is 5.29. The summed E-state index contributed by atoms with van der Waals surface area (Å²) in [6.45, 7) is 2.01. The van der Waals surface area contributed by atoms with Gasteiger partial charge in [-0.15, -0.1) is 23.7 Å². The molecule has 6 nitrogen and oxygen atoms in total. The maximum atomic E-state index is 12.2. The lowest BCUT2D eigenvalue weighted by atomic mass is 9.98. The fourth-order valence-corrected chi connectivity index (χ4v) is 5.03. The second kappa shape index (κ2) is 9.19. The van der Waals surface area contributed by atoms with Gasteiger partial charge in [0, 0.05) is 13.1 Å². The van der Waals surface area contributed by atoms with Crippen molar-refractivity contribution in [3.05, 3.63) is 16.5 Å². The minimum absolute atomic E-state index is 0. The Morgan fingerprint density at radius 1 is 1.48 bits per heavy atom. The van der Waals surface area contributed by atoms with Crippen LogP contribution in [-0.2, 0) is 14.8 Å². The van der Waals surface area contributed by atoms with Gasteiger partial charge in [0.05, 0.1) is 10.9 Å². The summed E-state index contributed by atoms with van der Waals surface area (Å²) >= 11 is 6.71. The Kier molecular flexibility index (Phi) is 8.26. The molecule has 132 valence electrons. The van der Waals surface area contributed by atoms with Crippen molar-refractivity contribution < 1.29 is 13.2 Å². The molecule has 0 aromatic carbocycles. The van der Waals surface area contributed by atoms with Crippen molar-refractivity contribution in [1.82, 2.24) is 14.9 Å². The van der Waals surface area contributed by atoms with Gasteiger partial charge in [-0.1, -0.05) is 11.6 Å². The van der Waals surface area contributed by atoms with Crippen LogP contribution in [0.2, 0.25) is 4.34 Å². The number of piperidine rings is 1. The Hall–Kier alpha value is -0.380. The normalized spacial score (nSPS) is 18.5. The van der Waals surface area contributed by atoms with Crippen LogP contribution in [0.15, 0.2) is 16.3 Å². The van der Waals surface area contributed by atoms with E-state index in [1.54, 1.807) is 4.90 Å². The van der Waals surface area contributed by atoms with Gasteiger partial charge in [0.1, 0.15) is 4.21 Å². The zero-order valence-corrected chi connectivity index (χ0v) is 16.0. The van der Waals surface area contributed by atoms with Crippen LogP contribution < -0.4 is 10.0 Å². The molecular formula is C13H21Cl2N3O3S2. The predicted molar refractivity (Wildman–Crippen MR) is 95.0 cm³/mol. The first-order valence-electron chi connectivity index (χ1n) is 7.10. The van der Waals surface area contributed by atoms with E-state index in [-0.39, 0.29) is 29.1 Å². The molecule has 1 aromatic heterocycles. The molecule has 0 spiro atoms. The minimum Gasteiger partial charge on any atom is -0.341 e. The quantitative estimate of drug-likeness (QED) is 0.757. The number of hydrogen-bond donors (Lipinski definition) is 2. The SMILES string of the molecule is CNCC1CCCN(C(=O)CNS(=O)(=O)c2ccc(Cl)s2)C1.Cl. The van der Waals surface area contributed by atoms with E-state index in [9.17, 15) is 13.2 Å². The lowest BCUT2D eigenvalue weighted by molar-refractivity contribution is -0.131. The van der Waals surface area contributed by atoms with E-state index in [0.717, 1.165) is 30.7 Å². The summed E-state index contributed by atoms with van der Waals surface area (Å²) in [4.78, 5) is 13.9. The molecule has 1 aromatic rings. The van der Waals surface area contributed by atoms with Gasteiger partial charge in [-0.05, 0) is 44.5 Å². The van der Waals surface area contributed by atoms with E-state index in [1.165, 1.54) is 12.1 Å². The molecule has 1 amide bonds. The van der Waals surface area contributed by atoms with Crippen LogP contribution in [0.1, 0.15) is 12.8 Å². The number of rotatable bonds is 6. The Bertz CT molecular complexity index is 620. The Labute approximate surface area is 152 Å². The van der Waals surface area contributed by atoms with Gasteiger partial charge in [0.2, 0.25) is 5.91 Å². The minimum atomic E-state index is -3.67. The van der Waals surface area contributed by atoms with Crippen molar-refractivity contribution >= 4 is 51.3 Å². The van der Waals surface area contributed by atoms with Crippen LogP contribution in [0.5, 0.6) is 0 Å². The fraction of sp³-hybridized carbons (Fsp3) is 0.615. The first-order valence-corrected chi connectivity index (χ1v) is 9.77. The zero-order valence-electron chi connectivity index (χ0n) is 12.7. The molecule has 1 saturated heterocycles. The molecule has 23 heavy (non-hydrogen) atoms. The number of nitrogens with zero attached hydrogens (tertiary/aromatic N) is 1. The Morgan fingerprint density at radius 2 is 2.22 bits per heavy atom. The summed E-state index contributed by atoms with van der Waals surface area (Å²) < 4.78 is 27.0. The van der Waals surface area contributed by atoms with Crippen molar-refractivity contribution in [1.29, 1.82) is 0 Å². The molecule has 0 saturated carbocycles. The summed E-state index contributed by atoms with van der Waals surface area (Å²) in [7, 11) is -1.78. The number of hydrogen-bond acceptors (Lipinski definition) is 5. The van der Waals surface area contributed by atoms with Crippen molar-refractivity contribution in [3.8, 4) is 0 Å². The van der Waals surface area contributed by atoms with E-state index < -0.39 is 10.0 Å². The van der Waals surface area contributed by atoms with Gasteiger partial charge in [-0.2, -0.15) is 0 Å². The number of amides is 1. The largest absolute Gasteiger partial charge is 0.341 e. The monoisotopic (exact) mass is 401 g/mol. The van der Waals surface area contributed by atoms with Gasteiger partial charge in [0.15, 0.2) is 0 Å². The molecule has 1 aliphatic rings. The Balaban J connectivity index is 0.00000264. The number of halogens is 2. The van der Waals surface area contributed by atoms with Gasteiger partial charge < -0.3 is 10.2 Å². The molecule has 0 aliphatic carbocycles. The van der Waals surface area contributed by atoms with E-state index in [1.807, 2.05) is 7.05 Å². The van der Waals surface area contributed by atoms with Crippen LogP contribution in [-0.4, -0.2) is 52.5 Å². The number of likely N-dealkylation sites (tertiary alicyclic amines) is 1. The van der Waals surface area contributed by atoms with Crippen molar-refractivity contribution in [2.24, 2.45) is 5.92 Å². The molecule has 1 aliphatic heterocycles. The van der Waals surface area contributed by atoms with Gasteiger partial charge in [-0.25, -0.2) is 13.1 Å². The summed E-state index contributed by atoms with van der Waals surface area (Å²) in [5.74, 6) is 0.238. The number of nitrogens with one attached hydrogen (secondary N) is 2. The zero-order chi connectivity index (χ0) is 16.2. The highest BCUT2D eigenvalue weighted by atomic mass is 35.5. The third-order valence-electron chi connectivity index (χ3n) is 3.59. The van der Waals surface area contributed by atoms with Gasteiger partial charge in [0.25, 0.3) is 10.0 Å². The highest BCUT2D eigenvalue weighted by Crippen LogP contribution is 2.25. The van der Waals surface area contributed by atoms with Crippen molar-refractivity contribution in [3.63, 3.8) is 0 Å². The second-order valence-corrected chi connectivity index (χ2v) is 9.00. The number of thiophene rings is 1. The molecule has 10 heteroatoms. The standard InChI is InChI=1S/C13H20ClN3O3S2.ClH/c1-15-7-10-3-2-6-17(9-10)12(18)8-16-22(19,20)13-5-4-11(14)21-13;/h4-5,10,15-16H,2-3,6-9H2,1H3;1H. The third kappa shape index (κ3) is 5.88. The van der Waals surface area contributed by atoms with Gasteiger partial charge in [-0.3, -0.25) is 4.79 Å². The number of carbonyl (C=O) groups excluding carboxylic acids is 1. The van der Waals surface area contributed by atoms with E-state index in [0.29, 0.717) is 23.3 Å². The average molecular weight is 402 g/mol. The first-order chi connectivity index (χ1) is 10.4. The molecule has 2 N–H and O–H groups in total. The molecule has 1 unspecified atom stereocenters. The fourth-order valence-electron chi connectivity index (χ4n) is 2.53. The topological polar surface area (TPSA) is 78.5 Å². The molecule has 1 atom stereocenters. The smallest absolute Gasteiger partial charge is 0.250 e. The summed E-state index contributed by atoms with van der Waals surface area (Å²) in [5.41, 5.74) is 0. The number of carbonyl (C=O) groups is 1. The van der Waals surface area contributed by atoms with Crippen LogP contribution in [0.4, 0.5) is 0 Å². The van der Waals surface area contributed by atoms with Crippen LogP contribution in [0, 0.1) is 5.92 Å². The van der Waals surface area contributed by atoms with Gasteiger partial charge >= 0.3 is 0 Å². The van der Waals surface area contributed by atoms with Crippen molar-refractivity contribution in [2.45, 2.75) is 17.1 Å². The predicted octanol–water partition coefficient (Wildman–Crippen LogP) is 1.56. The highest BCUT2D eigenvalue weighted by Gasteiger charge is 2.25. The summed E-state index contributed by atoms with van der Waals surface area (Å²) in [5, 5.41) is 3.12. The van der Waals surface area contributed by atoms with Crippen LogP contribution in [0.3, 0.4) is 0 Å². The lowest BCUT2D eigenvalue weighted by Crippen LogP contribution is -2.46. The summed E-state index contributed by atoms with van der Waals surface area (Å²) in [6, 6.07) is 2.96. The molecule has 2 rings (SSSR count). The number of sulfonamides is 1. The molecule has 1 fully saturated rings.